The third kappa shape index (κ3) is 3.74. The minimum Gasteiger partial charge on any atom is -0.481 e. The summed E-state index contributed by atoms with van der Waals surface area (Å²) in [5.74, 6) is -0.0250. The molecule has 124 valence electrons. The van der Waals surface area contributed by atoms with Gasteiger partial charge in [-0.05, 0) is 50.0 Å². The molecular formula is C19H25NO3. The van der Waals surface area contributed by atoms with Gasteiger partial charge in [0.1, 0.15) is 0 Å². The summed E-state index contributed by atoms with van der Waals surface area (Å²) in [6, 6.07) is 10.6. The molecule has 1 amide bonds. The van der Waals surface area contributed by atoms with Gasteiger partial charge in [0.05, 0.1) is 5.92 Å². The van der Waals surface area contributed by atoms with E-state index in [2.05, 4.69) is 24.3 Å². The number of likely N-dealkylation sites (tertiary alicyclic amines) is 1. The van der Waals surface area contributed by atoms with E-state index in [1.54, 1.807) is 0 Å². The molecule has 1 aromatic rings. The van der Waals surface area contributed by atoms with E-state index in [4.69, 9.17) is 5.11 Å². The zero-order valence-electron chi connectivity index (χ0n) is 13.5. The van der Waals surface area contributed by atoms with Crippen molar-refractivity contribution in [2.75, 3.05) is 13.1 Å². The number of piperidine rings is 1. The van der Waals surface area contributed by atoms with Gasteiger partial charge in [-0.3, -0.25) is 9.59 Å². The summed E-state index contributed by atoms with van der Waals surface area (Å²) in [5.41, 5.74) is 1.39. The zero-order valence-corrected chi connectivity index (χ0v) is 13.5. The lowest BCUT2D eigenvalue weighted by Gasteiger charge is -2.35. The molecule has 0 bridgehead atoms. The highest BCUT2D eigenvalue weighted by molar-refractivity contribution is 5.79. The summed E-state index contributed by atoms with van der Waals surface area (Å²) in [5, 5.41) is 9.05. The van der Waals surface area contributed by atoms with Crippen molar-refractivity contribution in [2.24, 2.45) is 11.8 Å². The number of hydrogen-bond acceptors (Lipinski definition) is 2. The predicted octanol–water partition coefficient (Wildman–Crippen LogP) is 3.28. The van der Waals surface area contributed by atoms with Crippen LogP contribution in [-0.4, -0.2) is 35.0 Å². The van der Waals surface area contributed by atoms with Crippen LogP contribution < -0.4 is 0 Å². The Hall–Kier alpha value is -1.84. The van der Waals surface area contributed by atoms with E-state index in [1.807, 2.05) is 11.0 Å². The molecule has 1 saturated heterocycles. The second-order valence-corrected chi connectivity index (χ2v) is 6.90. The van der Waals surface area contributed by atoms with Crippen LogP contribution in [0.1, 0.15) is 50.0 Å². The van der Waals surface area contributed by atoms with Gasteiger partial charge in [-0.25, -0.2) is 0 Å². The molecule has 2 fully saturated rings. The molecule has 1 N–H and O–H groups in total. The Balaban J connectivity index is 1.50. The van der Waals surface area contributed by atoms with Gasteiger partial charge in [-0.15, -0.1) is 0 Å². The number of carbonyl (C=O) groups is 2. The SMILES string of the molecule is O=C(O)C1CCN(C(=O)C2CCC(c3ccccc3)CC2)CC1. The lowest BCUT2D eigenvalue weighted by atomic mass is 9.78. The monoisotopic (exact) mass is 315 g/mol. The van der Waals surface area contributed by atoms with Gasteiger partial charge < -0.3 is 10.0 Å². The number of carboxylic acids is 1. The predicted molar refractivity (Wildman–Crippen MR) is 88.1 cm³/mol. The quantitative estimate of drug-likeness (QED) is 0.931. The van der Waals surface area contributed by atoms with Crippen LogP contribution in [-0.2, 0) is 9.59 Å². The molecule has 2 aliphatic rings. The number of nitrogens with zero attached hydrogens (tertiary/aromatic N) is 1. The van der Waals surface area contributed by atoms with Crippen LogP contribution in [0.2, 0.25) is 0 Å². The summed E-state index contributed by atoms with van der Waals surface area (Å²) in [7, 11) is 0. The van der Waals surface area contributed by atoms with Crippen molar-refractivity contribution in [3.63, 3.8) is 0 Å². The third-order valence-electron chi connectivity index (χ3n) is 5.50. The van der Waals surface area contributed by atoms with E-state index in [0.29, 0.717) is 31.8 Å². The highest BCUT2D eigenvalue weighted by Crippen LogP contribution is 2.36. The molecule has 0 unspecified atom stereocenters. The van der Waals surface area contributed by atoms with Crippen LogP contribution >= 0.6 is 0 Å². The number of amides is 1. The highest BCUT2D eigenvalue weighted by atomic mass is 16.4. The number of carboxylic acid groups (broad SMARTS) is 1. The van der Waals surface area contributed by atoms with E-state index in [1.165, 1.54) is 5.56 Å². The number of aliphatic carboxylic acids is 1. The van der Waals surface area contributed by atoms with Crippen molar-refractivity contribution in [3.05, 3.63) is 35.9 Å². The number of hydrogen-bond donors (Lipinski definition) is 1. The van der Waals surface area contributed by atoms with Gasteiger partial charge in [0.2, 0.25) is 5.91 Å². The second kappa shape index (κ2) is 7.16. The minimum absolute atomic E-state index is 0.136. The molecule has 4 nitrogen and oxygen atoms in total. The summed E-state index contributed by atoms with van der Waals surface area (Å²) < 4.78 is 0. The second-order valence-electron chi connectivity index (χ2n) is 6.90. The largest absolute Gasteiger partial charge is 0.481 e. The first-order valence-corrected chi connectivity index (χ1v) is 8.71. The zero-order chi connectivity index (χ0) is 16.2. The molecule has 23 heavy (non-hydrogen) atoms. The van der Waals surface area contributed by atoms with Crippen molar-refractivity contribution in [3.8, 4) is 0 Å². The average Bonchev–Trinajstić information content (AvgIpc) is 2.62. The molecule has 1 aliphatic carbocycles. The minimum atomic E-state index is -0.722. The lowest BCUT2D eigenvalue weighted by Crippen LogP contribution is -2.43. The fraction of sp³-hybridized carbons (Fsp3) is 0.579. The maximum Gasteiger partial charge on any atom is 0.306 e. The van der Waals surface area contributed by atoms with Crippen molar-refractivity contribution in [1.29, 1.82) is 0 Å². The fourth-order valence-corrected chi connectivity index (χ4v) is 4.00. The van der Waals surface area contributed by atoms with E-state index in [9.17, 15) is 9.59 Å². The lowest BCUT2D eigenvalue weighted by molar-refractivity contribution is -0.147. The number of rotatable bonds is 3. The van der Waals surface area contributed by atoms with Crippen LogP contribution in [0.5, 0.6) is 0 Å². The van der Waals surface area contributed by atoms with Crippen molar-refractivity contribution >= 4 is 11.9 Å². The standard InChI is InChI=1S/C19H25NO3/c21-18(20-12-10-17(11-13-20)19(22)23)16-8-6-15(7-9-16)14-4-2-1-3-5-14/h1-5,15-17H,6-13H2,(H,22,23). The highest BCUT2D eigenvalue weighted by Gasteiger charge is 2.33. The van der Waals surface area contributed by atoms with Crippen LogP contribution in [0.4, 0.5) is 0 Å². The summed E-state index contributed by atoms with van der Waals surface area (Å²) in [6.45, 7) is 1.21. The van der Waals surface area contributed by atoms with Crippen LogP contribution in [0.15, 0.2) is 30.3 Å². The van der Waals surface area contributed by atoms with Crippen molar-refractivity contribution in [2.45, 2.75) is 44.4 Å². The Bertz CT molecular complexity index is 541. The van der Waals surface area contributed by atoms with Gasteiger partial charge in [-0.1, -0.05) is 30.3 Å². The normalized spacial score (nSPS) is 26.0. The van der Waals surface area contributed by atoms with Gasteiger partial charge in [0.15, 0.2) is 0 Å². The molecule has 0 radical (unpaired) electrons. The first-order valence-electron chi connectivity index (χ1n) is 8.71. The Morgan fingerprint density at radius 2 is 1.48 bits per heavy atom. The molecule has 1 aromatic carbocycles. The Kier molecular flexibility index (Phi) is 4.99. The Labute approximate surface area is 137 Å². The van der Waals surface area contributed by atoms with Crippen LogP contribution in [0, 0.1) is 11.8 Å². The molecule has 3 rings (SSSR count). The van der Waals surface area contributed by atoms with E-state index >= 15 is 0 Å². The van der Waals surface area contributed by atoms with Gasteiger partial charge >= 0.3 is 5.97 Å². The summed E-state index contributed by atoms with van der Waals surface area (Å²) in [6.07, 6.45) is 5.26. The maximum atomic E-state index is 12.7. The van der Waals surface area contributed by atoms with E-state index < -0.39 is 5.97 Å². The number of carbonyl (C=O) groups excluding carboxylic acids is 1. The van der Waals surface area contributed by atoms with Crippen LogP contribution in [0.25, 0.3) is 0 Å². The van der Waals surface area contributed by atoms with Crippen LogP contribution in [0.3, 0.4) is 0 Å². The molecule has 0 aromatic heterocycles. The molecule has 4 heteroatoms. The Morgan fingerprint density at radius 1 is 0.870 bits per heavy atom. The summed E-state index contributed by atoms with van der Waals surface area (Å²) >= 11 is 0. The average molecular weight is 315 g/mol. The van der Waals surface area contributed by atoms with E-state index in [0.717, 1.165) is 25.7 Å². The first-order chi connectivity index (χ1) is 11.1. The maximum absolute atomic E-state index is 12.7. The molecule has 0 spiro atoms. The Morgan fingerprint density at radius 3 is 2.04 bits per heavy atom. The molecule has 1 aliphatic heterocycles. The van der Waals surface area contributed by atoms with Crippen molar-refractivity contribution < 1.29 is 14.7 Å². The van der Waals surface area contributed by atoms with E-state index in [-0.39, 0.29) is 17.7 Å². The van der Waals surface area contributed by atoms with Gasteiger partial charge in [0.25, 0.3) is 0 Å². The molecule has 1 saturated carbocycles. The molecule has 0 atom stereocenters. The van der Waals surface area contributed by atoms with Gasteiger partial charge in [-0.2, -0.15) is 0 Å². The third-order valence-corrected chi connectivity index (χ3v) is 5.50. The van der Waals surface area contributed by atoms with Crippen molar-refractivity contribution in [1.82, 2.24) is 4.90 Å². The van der Waals surface area contributed by atoms with Gasteiger partial charge in [0, 0.05) is 19.0 Å². The number of benzene rings is 1. The summed E-state index contributed by atoms with van der Waals surface area (Å²) in [4.78, 5) is 25.5. The first kappa shape index (κ1) is 16.0. The fourth-order valence-electron chi connectivity index (χ4n) is 4.00. The molecular weight excluding hydrogens is 290 g/mol. The topological polar surface area (TPSA) is 57.6 Å². The molecule has 1 heterocycles. The smallest absolute Gasteiger partial charge is 0.306 e.